The van der Waals surface area contributed by atoms with E-state index in [-0.39, 0.29) is 30.9 Å². The van der Waals surface area contributed by atoms with Crippen LogP contribution >= 0.6 is 11.6 Å². The third kappa shape index (κ3) is 4.06. The summed E-state index contributed by atoms with van der Waals surface area (Å²) >= 11 is 5.79. The first-order valence-electron chi connectivity index (χ1n) is 9.62. The van der Waals surface area contributed by atoms with Gasteiger partial charge in [0.05, 0.1) is 11.4 Å². The molecule has 2 aromatic rings. The van der Waals surface area contributed by atoms with Crippen LogP contribution in [0.15, 0.2) is 24.3 Å². The van der Waals surface area contributed by atoms with Gasteiger partial charge >= 0.3 is 0 Å². The minimum absolute atomic E-state index is 0.100. The minimum atomic E-state index is -1.20. The van der Waals surface area contributed by atoms with Crippen molar-refractivity contribution in [2.75, 3.05) is 29.9 Å². The van der Waals surface area contributed by atoms with E-state index in [2.05, 4.69) is 5.32 Å². The number of ether oxygens (including phenoxy) is 1. The maximum absolute atomic E-state index is 14.1. The lowest BCUT2D eigenvalue weighted by molar-refractivity contribution is -0.116. The van der Waals surface area contributed by atoms with E-state index < -0.39 is 29.0 Å². The SMILES string of the molecule is O=C1CCc2c(OCC3(O)CCN(c4ccc(Cl)cc4F)CC3)cc(F)c(F)c2N1. The Balaban J connectivity index is 1.44. The Morgan fingerprint density at radius 3 is 2.57 bits per heavy atom. The van der Waals surface area contributed by atoms with Gasteiger partial charge in [0.25, 0.3) is 0 Å². The minimum Gasteiger partial charge on any atom is -0.490 e. The molecule has 1 amide bonds. The molecular formula is C21H20ClF3N2O3. The Labute approximate surface area is 176 Å². The maximum atomic E-state index is 14.1. The molecule has 30 heavy (non-hydrogen) atoms. The average Bonchev–Trinajstić information content (AvgIpc) is 2.71. The molecule has 1 fully saturated rings. The molecule has 5 nitrogen and oxygen atoms in total. The van der Waals surface area contributed by atoms with Crippen molar-refractivity contribution < 1.29 is 27.8 Å². The summed E-state index contributed by atoms with van der Waals surface area (Å²) in [7, 11) is 0. The van der Waals surface area contributed by atoms with Crippen LogP contribution in [0.2, 0.25) is 5.02 Å². The number of hydrogen-bond donors (Lipinski definition) is 2. The van der Waals surface area contributed by atoms with Gasteiger partial charge in [-0.2, -0.15) is 0 Å². The summed E-state index contributed by atoms with van der Waals surface area (Å²) < 4.78 is 47.8. The molecule has 0 spiro atoms. The lowest BCUT2D eigenvalue weighted by atomic mass is 9.92. The van der Waals surface area contributed by atoms with E-state index in [4.69, 9.17) is 16.3 Å². The standard InChI is InChI=1S/C21H20ClF3N2O3/c22-12-1-3-16(14(23)9-12)27-7-5-21(29,6-8-27)11-30-17-10-15(24)19(25)20-13(17)2-4-18(28)26-20/h1,3,9-10,29H,2,4-8,11H2,(H,26,28). The number of piperidine rings is 1. The number of carbonyl (C=O) groups excluding carboxylic acids is 1. The topological polar surface area (TPSA) is 61.8 Å². The molecule has 2 aliphatic rings. The molecule has 4 rings (SSSR count). The van der Waals surface area contributed by atoms with Gasteiger partial charge in [0.15, 0.2) is 11.6 Å². The first-order valence-corrected chi connectivity index (χ1v) is 9.99. The smallest absolute Gasteiger partial charge is 0.224 e. The molecule has 0 atom stereocenters. The van der Waals surface area contributed by atoms with Crippen molar-refractivity contribution in [3.63, 3.8) is 0 Å². The maximum Gasteiger partial charge on any atom is 0.224 e. The van der Waals surface area contributed by atoms with E-state index in [9.17, 15) is 23.1 Å². The Hall–Kier alpha value is -2.45. The van der Waals surface area contributed by atoms with Gasteiger partial charge in [0.2, 0.25) is 5.91 Å². The summed E-state index contributed by atoms with van der Waals surface area (Å²) in [5, 5.41) is 13.5. The molecule has 2 aromatic carbocycles. The Bertz CT molecular complexity index is 994. The second-order valence-corrected chi connectivity index (χ2v) is 8.10. The predicted octanol–water partition coefficient (Wildman–Crippen LogP) is 4.05. The summed E-state index contributed by atoms with van der Waals surface area (Å²) in [6.45, 7) is 0.657. The number of hydrogen-bond acceptors (Lipinski definition) is 4. The summed E-state index contributed by atoms with van der Waals surface area (Å²) in [5.74, 6) is -2.98. The van der Waals surface area contributed by atoms with Crippen molar-refractivity contribution in [1.82, 2.24) is 0 Å². The highest BCUT2D eigenvalue weighted by Gasteiger charge is 2.35. The molecule has 2 heterocycles. The number of anilines is 2. The monoisotopic (exact) mass is 440 g/mol. The van der Waals surface area contributed by atoms with Crippen LogP contribution in [0, 0.1) is 17.5 Å². The van der Waals surface area contributed by atoms with Crippen LogP contribution < -0.4 is 15.0 Å². The number of carbonyl (C=O) groups is 1. The molecule has 2 aliphatic heterocycles. The first kappa shape index (κ1) is 20.8. The molecule has 160 valence electrons. The number of halogens is 4. The van der Waals surface area contributed by atoms with Crippen LogP contribution in [0.25, 0.3) is 0 Å². The van der Waals surface area contributed by atoms with Crippen molar-refractivity contribution in [3.8, 4) is 5.75 Å². The van der Waals surface area contributed by atoms with E-state index in [1.54, 1.807) is 12.1 Å². The van der Waals surface area contributed by atoms with Crippen LogP contribution in [0.3, 0.4) is 0 Å². The zero-order valence-electron chi connectivity index (χ0n) is 16.0. The number of aliphatic hydroxyl groups is 1. The number of amides is 1. The van der Waals surface area contributed by atoms with Gasteiger partial charge in [-0.05, 0) is 37.5 Å². The number of fused-ring (bicyclic) bond motifs is 1. The molecule has 0 bridgehead atoms. The zero-order valence-corrected chi connectivity index (χ0v) is 16.7. The fourth-order valence-corrected chi connectivity index (χ4v) is 4.01. The van der Waals surface area contributed by atoms with E-state index in [1.165, 1.54) is 6.07 Å². The molecular weight excluding hydrogens is 421 g/mol. The number of benzene rings is 2. The fourth-order valence-electron chi connectivity index (χ4n) is 3.85. The van der Waals surface area contributed by atoms with Crippen molar-refractivity contribution in [1.29, 1.82) is 0 Å². The van der Waals surface area contributed by atoms with Crippen LogP contribution in [-0.4, -0.2) is 36.3 Å². The van der Waals surface area contributed by atoms with Gasteiger partial charge in [-0.25, -0.2) is 13.2 Å². The molecule has 0 aromatic heterocycles. The molecule has 9 heteroatoms. The zero-order chi connectivity index (χ0) is 21.5. The van der Waals surface area contributed by atoms with E-state index in [1.807, 2.05) is 4.90 Å². The highest BCUT2D eigenvalue weighted by atomic mass is 35.5. The summed E-state index contributed by atoms with van der Waals surface area (Å²) in [4.78, 5) is 13.3. The van der Waals surface area contributed by atoms with Crippen molar-refractivity contribution in [2.45, 2.75) is 31.3 Å². The molecule has 2 N–H and O–H groups in total. The highest BCUT2D eigenvalue weighted by Crippen LogP contribution is 2.36. The van der Waals surface area contributed by atoms with Gasteiger partial charge in [0.1, 0.15) is 23.8 Å². The fraction of sp³-hybridized carbons (Fsp3) is 0.381. The predicted molar refractivity (Wildman–Crippen MR) is 107 cm³/mol. The van der Waals surface area contributed by atoms with Gasteiger partial charge in [0, 0.05) is 36.2 Å². The molecule has 0 radical (unpaired) electrons. The number of rotatable bonds is 4. The van der Waals surface area contributed by atoms with Crippen molar-refractivity contribution >= 4 is 28.9 Å². The van der Waals surface area contributed by atoms with Crippen LogP contribution in [0.4, 0.5) is 24.5 Å². The third-order valence-corrected chi connectivity index (χ3v) is 5.83. The van der Waals surface area contributed by atoms with Gasteiger partial charge in [-0.1, -0.05) is 11.6 Å². The van der Waals surface area contributed by atoms with Crippen molar-refractivity contribution in [3.05, 3.63) is 52.3 Å². The van der Waals surface area contributed by atoms with Gasteiger partial charge in [-0.15, -0.1) is 0 Å². The van der Waals surface area contributed by atoms with Gasteiger partial charge in [-0.3, -0.25) is 4.79 Å². The van der Waals surface area contributed by atoms with E-state index in [0.717, 1.165) is 6.07 Å². The van der Waals surface area contributed by atoms with E-state index in [0.29, 0.717) is 42.2 Å². The highest BCUT2D eigenvalue weighted by molar-refractivity contribution is 6.30. The van der Waals surface area contributed by atoms with Gasteiger partial charge < -0.3 is 20.1 Å². The molecule has 0 unspecified atom stereocenters. The van der Waals surface area contributed by atoms with Crippen LogP contribution in [0.1, 0.15) is 24.8 Å². The third-order valence-electron chi connectivity index (χ3n) is 5.59. The summed E-state index contributed by atoms with van der Waals surface area (Å²) in [5.41, 5.74) is -0.624. The van der Waals surface area contributed by atoms with E-state index >= 15 is 0 Å². The summed E-state index contributed by atoms with van der Waals surface area (Å²) in [6, 6.07) is 5.38. The Morgan fingerprint density at radius 1 is 1.13 bits per heavy atom. The normalized spacial score (nSPS) is 18.0. The Kier molecular flexibility index (Phi) is 5.55. The van der Waals surface area contributed by atoms with Crippen molar-refractivity contribution in [2.24, 2.45) is 0 Å². The lowest BCUT2D eigenvalue weighted by Gasteiger charge is -2.39. The number of nitrogens with one attached hydrogen (secondary N) is 1. The number of nitrogens with zero attached hydrogens (tertiary/aromatic N) is 1. The quantitative estimate of drug-likeness (QED) is 0.753. The molecule has 1 saturated heterocycles. The summed E-state index contributed by atoms with van der Waals surface area (Å²) in [6.07, 6.45) is 0.964. The second kappa shape index (κ2) is 8.00. The average molecular weight is 441 g/mol. The largest absolute Gasteiger partial charge is 0.490 e. The molecule has 0 saturated carbocycles. The lowest BCUT2D eigenvalue weighted by Crippen LogP contribution is -2.48. The second-order valence-electron chi connectivity index (χ2n) is 7.67. The molecule has 0 aliphatic carbocycles. The Morgan fingerprint density at radius 2 is 1.87 bits per heavy atom. The van der Waals surface area contributed by atoms with Crippen LogP contribution in [-0.2, 0) is 11.2 Å². The first-order chi connectivity index (χ1) is 14.3. The van der Waals surface area contributed by atoms with Crippen LogP contribution in [0.5, 0.6) is 5.75 Å².